The summed E-state index contributed by atoms with van der Waals surface area (Å²) in [5.41, 5.74) is 2.84. The molecule has 242 valence electrons. The molecule has 1 saturated carbocycles. The van der Waals surface area contributed by atoms with Crippen molar-refractivity contribution in [1.82, 2.24) is 29.6 Å². The highest BCUT2D eigenvalue weighted by Crippen LogP contribution is 2.37. The number of likely N-dealkylation sites (tertiary alicyclic amines) is 1. The second kappa shape index (κ2) is 13.3. The van der Waals surface area contributed by atoms with Crippen molar-refractivity contribution in [2.75, 3.05) is 26.7 Å². The number of benzene rings is 1. The molecule has 12 heteroatoms. The van der Waals surface area contributed by atoms with Crippen LogP contribution in [0.4, 0.5) is 0 Å². The van der Waals surface area contributed by atoms with E-state index in [1.165, 1.54) is 7.05 Å². The van der Waals surface area contributed by atoms with Crippen LogP contribution < -0.4 is 10.0 Å². The van der Waals surface area contributed by atoms with E-state index in [9.17, 15) is 23.1 Å². The lowest BCUT2D eigenvalue weighted by Gasteiger charge is -2.52. The summed E-state index contributed by atoms with van der Waals surface area (Å²) in [6.07, 6.45) is 7.02. The molecule has 2 aliphatic heterocycles. The van der Waals surface area contributed by atoms with E-state index in [0.29, 0.717) is 39.0 Å². The normalized spacial score (nSPS) is 22.4. The number of aryl methyl sites for hydroxylation is 1. The predicted molar refractivity (Wildman–Crippen MR) is 168 cm³/mol. The largest absolute Gasteiger partial charge is 0.390 e. The maximum absolute atomic E-state index is 13.9. The van der Waals surface area contributed by atoms with Gasteiger partial charge in [-0.1, -0.05) is 32.6 Å². The molecule has 2 aromatic rings. The Morgan fingerprint density at radius 3 is 2.36 bits per heavy atom. The number of hydrogen-bond donors (Lipinski definition) is 3. The van der Waals surface area contributed by atoms with Crippen LogP contribution in [0.5, 0.6) is 0 Å². The van der Waals surface area contributed by atoms with E-state index in [2.05, 4.69) is 21.9 Å². The van der Waals surface area contributed by atoms with Gasteiger partial charge in [-0.3, -0.25) is 14.5 Å². The van der Waals surface area contributed by atoms with Crippen LogP contribution in [0.25, 0.3) is 5.69 Å². The SMILES string of the molecule is CCCCN1C(=O)[C@@H]([C@H](O)C2CCCCC2)NC(=O)C12CCN(Cc1c(C)nn(-c3ccc(S(=O)(=O)NC)cc3)c1C)CC2. The van der Waals surface area contributed by atoms with Gasteiger partial charge < -0.3 is 15.3 Å². The van der Waals surface area contributed by atoms with Gasteiger partial charge in [0.2, 0.25) is 21.8 Å². The monoisotopic (exact) mass is 628 g/mol. The number of rotatable bonds is 10. The maximum Gasteiger partial charge on any atom is 0.248 e. The average molecular weight is 629 g/mol. The number of aliphatic hydroxyl groups is 1. The zero-order valence-electron chi connectivity index (χ0n) is 26.5. The third kappa shape index (κ3) is 6.18. The van der Waals surface area contributed by atoms with Crippen molar-refractivity contribution in [2.24, 2.45) is 5.92 Å². The summed E-state index contributed by atoms with van der Waals surface area (Å²) in [5.74, 6) is -0.212. The van der Waals surface area contributed by atoms with Crippen molar-refractivity contribution >= 4 is 21.8 Å². The average Bonchev–Trinajstić information content (AvgIpc) is 3.32. The van der Waals surface area contributed by atoms with Crippen molar-refractivity contribution in [1.29, 1.82) is 0 Å². The summed E-state index contributed by atoms with van der Waals surface area (Å²) in [7, 11) is -2.13. The predicted octanol–water partition coefficient (Wildman–Crippen LogP) is 2.80. The number of aromatic nitrogens is 2. The number of carbonyl (C=O) groups is 2. The molecule has 3 aliphatic rings. The van der Waals surface area contributed by atoms with Crippen LogP contribution in [0.1, 0.15) is 81.7 Å². The Kier molecular flexibility index (Phi) is 9.84. The second-order valence-corrected chi connectivity index (χ2v) is 14.6. The van der Waals surface area contributed by atoms with Gasteiger partial charge in [-0.25, -0.2) is 17.8 Å². The molecule has 2 saturated heterocycles. The Bertz CT molecular complexity index is 1440. The number of amides is 2. The molecule has 1 aromatic heterocycles. The molecule has 3 heterocycles. The van der Waals surface area contributed by atoms with E-state index in [1.807, 2.05) is 23.4 Å². The molecular weight excluding hydrogens is 580 g/mol. The zero-order valence-corrected chi connectivity index (χ0v) is 27.3. The third-order valence-electron chi connectivity index (χ3n) is 10.1. The van der Waals surface area contributed by atoms with Crippen LogP contribution in [-0.4, -0.2) is 89.3 Å². The van der Waals surface area contributed by atoms with Gasteiger partial charge in [-0.05, 0) is 83.2 Å². The van der Waals surface area contributed by atoms with Gasteiger partial charge in [-0.2, -0.15) is 5.10 Å². The fraction of sp³-hybridized carbons (Fsp3) is 0.656. The van der Waals surface area contributed by atoms with Gasteiger partial charge in [-0.15, -0.1) is 0 Å². The molecular formula is C32H48N6O5S. The van der Waals surface area contributed by atoms with Crippen molar-refractivity contribution in [3.05, 3.63) is 41.2 Å². The lowest BCUT2D eigenvalue weighted by atomic mass is 9.78. The molecule has 5 rings (SSSR count). The topological polar surface area (TPSA) is 137 Å². The first-order chi connectivity index (χ1) is 21.0. The Morgan fingerprint density at radius 2 is 1.75 bits per heavy atom. The van der Waals surface area contributed by atoms with E-state index >= 15 is 0 Å². The van der Waals surface area contributed by atoms with Gasteiger partial charge in [0.25, 0.3) is 0 Å². The molecule has 1 aliphatic carbocycles. The molecule has 0 radical (unpaired) electrons. The molecule has 2 atom stereocenters. The number of sulfonamides is 1. The fourth-order valence-electron chi connectivity index (χ4n) is 7.30. The van der Waals surface area contributed by atoms with Crippen molar-refractivity contribution in [3.8, 4) is 5.69 Å². The quantitative estimate of drug-likeness (QED) is 0.368. The van der Waals surface area contributed by atoms with Crippen LogP contribution in [0, 0.1) is 19.8 Å². The van der Waals surface area contributed by atoms with E-state index in [1.54, 1.807) is 24.3 Å². The number of aliphatic hydroxyl groups excluding tert-OH is 1. The van der Waals surface area contributed by atoms with E-state index in [4.69, 9.17) is 5.10 Å². The van der Waals surface area contributed by atoms with Gasteiger partial charge in [0.05, 0.1) is 22.4 Å². The minimum Gasteiger partial charge on any atom is -0.390 e. The molecule has 3 N–H and O–H groups in total. The first-order valence-corrected chi connectivity index (χ1v) is 17.6. The number of carbonyl (C=O) groups excluding carboxylic acids is 2. The van der Waals surface area contributed by atoms with Crippen LogP contribution in [0.15, 0.2) is 29.2 Å². The minimum atomic E-state index is -3.52. The highest BCUT2D eigenvalue weighted by Gasteiger charge is 2.55. The van der Waals surface area contributed by atoms with E-state index in [0.717, 1.165) is 67.6 Å². The molecule has 2 amide bonds. The van der Waals surface area contributed by atoms with Crippen LogP contribution >= 0.6 is 0 Å². The third-order valence-corrected chi connectivity index (χ3v) is 11.6. The lowest BCUT2D eigenvalue weighted by molar-refractivity contribution is -0.166. The zero-order chi connectivity index (χ0) is 31.6. The summed E-state index contributed by atoms with van der Waals surface area (Å²) in [5, 5.41) is 19.0. The van der Waals surface area contributed by atoms with Gasteiger partial charge in [0.1, 0.15) is 11.6 Å². The Balaban J connectivity index is 1.29. The van der Waals surface area contributed by atoms with Gasteiger partial charge in [0, 0.05) is 37.4 Å². The van der Waals surface area contributed by atoms with Gasteiger partial charge in [0.15, 0.2) is 0 Å². The summed E-state index contributed by atoms with van der Waals surface area (Å²) < 4.78 is 28.4. The molecule has 1 spiro atoms. The van der Waals surface area contributed by atoms with Crippen molar-refractivity contribution in [3.63, 3.8) is 0 Å². The number of piperazine rings is 1. The molecule has 0 unspecified atom stereocenters. The highest BCUT2D eigenvalue weighted by atomic mass is 32.2. The molecule has 0 bridgehead atoms. The highest BCUT2D eigenvalue weighted by molar-refractivity contribution is 7.89. The van der Waals surface area contributed by atoms with E-state index in [-0.39, 0.29) is 22.6 Å². The summed E-state index contributed by atoms with van der Waals surface area (Å²) in [4.78, 5) is 32.1. The summed E-state index contributed by atoms with van der Waals surface area (Å²) >= 11 is 0. The van der Waals surface area contributed by atoms with Gasteiger partial charge >= 0.3 is 0 Å². The maximum atomic E-state index is 13.9. The number of nitrogens with zero attached hydrogens (tertiary/aromatic N) is 4. The van der Waals surface area contributed by atoms with E-state index < -0.39 is 27.7 Å². The second-order valence-electron chi connectivity index (χ2n) is 12.8. The number of unbranched alkanes of at least 4 members (excludes halogenated alkanes) is 1. The summed E-state index contributed by atoms with van der Waals surface area (Å²) in [6, 6.07) is 5.77. The van der Waals surface area contributed by atoms with Crippen LogP contribution in [0.3, 0.4) is 0 Å². The van der Waals surface area contributed by atoms with Crippen molar-refractivity contribution < 1.29 is 23.1 Å². The molecule has 11 nitrogen and oxygen atoms in total. The Labute approximate surface area is 261 Å². The van der Waals surface area contributed by atoms with Crippen LogP contribution in [-0.2, 0) is 26.2 Å². The summed E-state index contributed by atoms with van der Waals surface area (Å²) in [6.45, 7) is 8.56. The number of piperidine rings is 1. The standard InChI is InChI=1S/C32H48N6O5S/c1-5-6-18-37-30(40)28(29(39)24-10-8-7-9-11-24)34-31(41)32(37)16-19-36(20-17-32)21-27-22(2)35-38(23(27)3)25-12-14-26(15-13-25)44(42,43)33-4/h12-15,24,28-29,33,39H,5-11,16-21H2,1-4H3,(H,34,41)/t28-,29-/m1/s1. The minimum absolute atomic E-state index is 0.0497. The number of nitrogens with one attached hydrogen (secondary N) is 2. The lowest BCUT2D eigenvalue weighted by Crippen LogP contribution is -2.75. The molecule has 1 aromatic carbocycles. The Hall–Kier alpha value is -2.80. The first-order valence-electron chi connectivity index (χ1n) is 16.1. The molecule has 3 fully saturated rings. The Morgan fingerprint density at radius 1 is 1.09 bits per heavy atom. The smallest absolute Gasteiger partial charge is 0.248 e. The first kappa shape index (κ1) is 32.6. The molecule has 44 heavy (non-hydrogen) atoms. The van der Waals surface area contributed by atoms with Crippen molar-refractivity contribution in [2.45, 2.75) is 108 Å². The van der Waals surface area contributed by atoms with Crippen LogP contribution in [0.2, 0.25) is 0 Å². The number of hydrogen-bond acceptors (Lipinski definition) is 7. The fourth-order valence-corrected chi connectivity index (χ4v) is 8.03.